The first-order chi connectivity index (χ1) is 12.7. The average molecular weight is 330 g/mol. The lowest BCUT2D eigenvalue weighted by Crippen LogP contribution is -2.65. The Balaban J connectivity index is 1.64. The van der Waals surface area contributed by atoms with Gasteiger partial charge in [0.25, 0.3) is 0 Å². The van der Waals surface area contributed by atoms with E-state index < -0.39 is 30.4 Å². The number of phenols is 1. The van der Waals surface area contributed by atoms with Crippen LogP contribution in [0.25, 0.3) is 0 Å². The molecule has 24 heavy (non-hydrogen) atoms. The van der Waals surface area contributed by atoms with Crippen LogP contribution in [-0.2, 0) is 21.4 Å². The number of phenolic OH excluding ortho intramolecular Hbond substituents is 1. The Morgan fingerprint density at radius 1 is 1.50 bits per heavy atom. The standard InChI is InChI=1S/C19H21NO4/c1-10(21)23-15-6-4-12-13-9-11-3-5-14(22)17-16(11)19(12,18(15)24-17)7-8-20(13)2/h3-6,12-13,15,18,22H,7-9H2,1-2H3/t12-,13+,15-,18-,19-/m0/s1/i1D3. The van der Waals surface area contributed by atoms with Gasteiger partial charge in [-0.2, -0.15) is 0 Å². The molecule has 1 aromatic carbocycles. The van der Waals surface area contributed by atoms with Crippen LogP contribution >= 0.6 is 0 Å². The first-order valence-electron chi connectivity index (χ1n) is 9.85. The number of carbonyl (C=O) groups is 1. The second kappa shape index (κ2) is 4.54. The molecule has 5 nitrogen and oxygen atoms in total. The van der Waals surface area contributed by atoms with Crippen molar-refractivity contribution in [2.45, 2.75) is 43.4 Å². The molecule has 0 saturated carbocycles. The fourth-order valence-electron chi connectivity index (χ4n) is 5.44. The zero-order chi connectivity index (χ0) is 19.1. The minimum Gasteiger partial charge on any atom is -0.504 e. The summed E-state index contributed by atoms with van der Waals surface area (Å²) in [6, 6.07) is 3.89. The summed E-state index contributed by atoms with van der Waals surface area (Å²) in [5.74, 6) is -0.519. The fraction of sp³-hybridized carbons (Fsp3) is 0.526. The molecule has 0 unspecified atom stereocenters. The van der Waals surface area contributed by atoms with E-state index in [9.17, 15) is 9.90 Å². The van der Waals surface area contributed by atoms with Crippen molar-refractivity contribution in [3.8, 4) is 11.5 Å². The molecule has 1 saturated heterocycles. The molecule has 0 aromatic heterocycles. The van der Waals surface area contributed by atoms with Crippen molar-refractivity contribution in [3.05, 3.63) is 35.4 Å². The highest BCUT2D eigenvalue weighted by atomic mass is 16.6. The van der Waals surface area contributed by atoms with Gasteiger partial charge in [-0.25, -0.2) is 0 Å². The van der Waals surface area contributed by atoms with E-state index in [1.807, 2.05) is 6.07 Å². The highest BCUT2D eigenvalue weighted by Gasteiger charge is 2.64. The third kappa shape index (κ3) is 1.56. The number of benzene rings is 1. The van der Waals surface area contributed by atoms with E-state index in [4.69, 9.17) is 13.6 Å². The van der Waals surface area contributed by atoms with E-state index in [0.29, 0.717) is 11.8 Å². The van der Waals surface area contributed by atoms with Crippen LogP contribution in [0.4, 0.5) is 0 Å². The quantitative estimate of drug-likeness (QED) is 0.628. The predicted octanol–water partition coefficient (Wildman–Crippen LogP) is 1.77. The van der Waals surface area contributed by atoms with Crippen LogP contribution in [0.15, 0.2) is 24.3 Å². The highest BCUT2D eigenvalue weighted by molar-refractivity contribution is 5.67. The number of carbonyl (C=O) groups excluding carboxylic acids is 1. The molecule has 0 amide bonds. The summed E-state index contributed by atoms with van der Waals surface area (Å²) in [5.41, 5.74) is 1.75. The Labute approximate surface area is 145 Å². The Kier molecular flexibility index (Phi) is 2.18. The molecule has 1 aromatic rings. The maximum Gasteiger partial charge on any atom is 0.303 e. The van der Waals surface area contributed by atoms with Gasteiger partial charge in [0.2, 0.25) is 0 Å². The molecule has 5 heteroatoms. The van der Waals surface area contributed by atoms with Crippen molar-refractivity contribution in [1.29, 1.82) is 0 Å². The molecule has 2 aliphatic carbocycles. The van der Waals surface area contributed by atoms with Crippen molar-refractivity contribution in [3.63, 3.8) is 0 Å². The van der Waals surface area contributed by atoms with Crippen molar-refractivity contribution in [2.24, 2.45) is 5.92 Å². The monoisotopic (exact) mass is 330 g/mol. The molecule has 2 bridgehead atoms. The van der Waals surface area contributed by atoms with Gasteiger partial charge < -0.3 is 19.5 Å². The van der Waals surface area contributed by atoms with Crippen LogP contribution in [0, 0.1) is 5.92 Å². The molecule has 1 N–H and O–H groups in total. The molecule has 1 spiro atoms. The molecule has 5 rings (SSSR count). The lowest BCUT2D eigenvalue weighted by Gasteiger charge is -2.56. The summed E-state index contributed by atoms with van der Waals surface area (Å²) in [6.07, 6.45) is 4.15. The average Bonchev–Trinajstić information content (AvgIpc) is 2.96. The molecule has 0 radical (unpaired) electrons. The lowest BCUT2D eigenvalue weighted by molar-refractivity contribution is -0.152. The number of nitrogens with zero attached hydrogens (tertiary/aromatic N) is 1. The summed E-state index contributed by atoms with van der Waals surface area (Å²) in [5, 5.41) is 10.4. The Morgan fingerprint density at radius 2 is 2.38 bits per heavy atom. The number of esters is 1. The molecule has 2 heterocycles. The first kappa shape index (κ1) is 11.5. The second-order valence-corrected chi connectivity index (χ2v) is 7.31. The number of ether oxygens (including phenoxy) is 2. The maximum absolute atomic E-state index is 12.0. The van der Waals surface area contributed by atoms with Gasteiger partial charge in [0.05, 0.1) is 0 Å². The lowest BCUT2D eigenvalue weighted by atomic mass is 9.53. The zero-order valence-electron chi connectivity index (χ0n) is 16.4. The van der Waals surface area contributed by atoms with Crippen LogP contribution in [0.2, 0.25) is 0 Å². The number of piperidine rings is 1. The van der Waals surface area contributed by atoms with Gasteiger partial charge in [-0.15, -0.1) is 0 Å². The summed E-state index contributed by atoms with van der Waals surface area (Å²) < 4.78 is 33.5. The smallest absolute Gasteiger partial charge is 0.303 e. The summed E-state index contributed by atoms with van der Waals surface area (Å²) in [7, 11) is 2.11. The van der Waals surface area contributed by atoms with Gasteiger partial charge in [-0.1, -0.05) is 12.1 Å². The molecule has 2 aliphatic heterocycles. The Hall–Kier alpha value is -2.01. The molecular weight excluding hydrogens is 306 g/mol. The van der Waals surface area contributed by atoms with Gasteiger partial charge in [-0.3, -0.25) is 4.79 Å². The van der Waals surface area contributed by atoms with Crippen LogP contribution < -0.4 is 4.74 Å². The van der Waals surface area contributed by atoms with Crippen molar-refractivity contribution in [2.75, 3.05) is 13.6 Å². The van der Waals surface area contributed by atoms with E-state index in [-0.39, 0.29) is 11.7 Å². The third-order valence-electron chi connectivity index (χ3n) is 6.37. The van der Waals surface area contributed by atoms with Gasteiger partial charge in [0.1, 0.15) is 6.10 Å². The van der Waals surface area contributed by atoms with Gasteiger partial charge in [0, 0.05) is 33.9 Å². The zero-order valence-corrected chi connectivity index (χ0v) is 13.4. The topological polar surface area (TPSA) is 59.0 Å². The van der Waals surface area contributed by atoms with Crippen molar-refractivity contribution >= 4 is 5.97 Å². The van der Waals surface area contributed by atoms with Gasteiger partial charge >= 0.3 is 5.97 Å². The van der Waals surface area contributed by atoms with Crippen LogP contribution in [0.1, 0.15) is 28.5 Å². The molecule has 1 fully saturated rings. The number of likely N-dealkylation sites (N-methyl/N-ethyl adjacent to an activating group) is 1. The van der Waals surface area contributed by atoms with E-state index in [2.05, 4.69) is 18.0 Å². The molecule has 4 aliphatic rings. The Morgan fingerprint density at radius 3 is 3.21 bits per heavy atom. The van der Waals surface area contributed by atoms with E-state index in [1.165, 1.54) is 0 Å². The van der Waals surface area contributed by atoms with E-state index in [0.717, 1.165) is 30.5 Å². The highest BCUT2D eigenvalue weighted by Crippen LogP contribution is 2.62. The number of hydrogen-bond acceptors (Lipinski definition) is 5. The van der Waals surface area contributed by atoms with Crippen LogP contribution in [0.3, 0.4) is 0 Å². The van der Waals surface area contributed by atoms with E-state index >= 15 is 0 Å². The Bertz CT molecular complexity index is 867. The SMILES string of the molecule is [2H]C([2H])([2H])C(=O)O[C@H]1C=C[C@H]2[C@H]3Cc4ccc(O)c5c4[C@@]2(CCN3C)[C@H]1O5. The summed E-state index contributed by atoms with van der Waals surface area (Å²) in [4.78, 5) is 14.4. The summed E-state index contributed by atoms with van der Waals surface area (Å²) in [6.45, 7) is -1.95. The summed E-state index contributed by atoms with van der Waals surface area (Å²) >= 11 is 0. The number of hydrogen-bond donors (Lipinski definition) is 1. The third-order valence-corrected chi connectivity index (χ3v) is 6.37. The first-order valence-corrected chi connectivity index (χ1v) is 8.35. The normalized spacial score (nSPS) is 40.8. The molecule has 126 valence electrons. The number of rotatable bonds is 1. The molecule has 5 atom stereocenters. The van der Waals surface area contributed by atoms with Crippen molar-refractivity contribution in [1.82, 2.24) is 4.90 Å². The van der Waals surface area contributed by atoms with Crippen LogP contribution in [-0.4, -0.2) is 47.8 Å². The number of likely N-dealkylation sites (tertiary alicyclic amines) is 1. The fourth-order valence-corrected chi connectivity index (χ4v) is 5.44. The maximum atomic E-state index is 12.0. The predicted molar refractivity (Wildman–Crippen MR) is 87.1 cm³/mol. The molecular formula is C19H21NO4. The second-order valence-electron chi connectivity index (χ2n) is 7.31. The minimum atomic E-state index is -2.82. The van der Waals surface area contributed by atoms with Crippen LogP contribution in [0.5, 0.6) is 11.5 Å². The minimum absolute atomic E-state index is 0.0783. The van der Waals surface area contributed by atoms with Gasteiger partial charge in [0.15, 0.2) is 17.6 Å². The van der Waals surface area contributed by atoms with Gasteiger partial charge in [-0.05, 0) is 44.1 Å². The van der Waals surface area contributed by atoms with Crippen molar-refractivity contribution < 1.29 is 23.5 Å². The van der Waals surface area contributed by atoms with E-state index in [1.54, 1.807) is 12.1 Å². The largest absolute Gasteiger partial charge is 0.504 e. The number of aromatic hydroxyl groups is 1.